The quantitative estimate of drug-likeness (QED) is 0.761. The lowest BCUT2D eigenvalue weighted by molar-refractivity contribution is 0.462. The van der Waals surface area contributed by atoms with E-state index in [1.807, 2.05) is 0 Å². The number of hydrogen-bond acceptors (Lipinski definition) is 1. The zero-order chi connectivity index (χ0) is 10.6. The van der Waals surface area contributed by atoms with Crippen molar-refractivity contribution in [2.75, 3.05) is 0 Å². The first-order valence-electron chi connectivity index (χ1n) is 5.46. The molecular formula is C12H22N2. The molecule has 1 unspecified atom stereocenters. The van der Waals surface area contributed by atoms with Gasteiger partial charge in [-0.15, -0.1) is 0 Å². The molecule has 14 heavy (non-hydrogen) atoms. The van der Waals surface area contributed by atoms with Crippen molar-refractivity contribution in [3.8, 4) is 0 Å². The molecule has 80 valence electrons. The third-order valence-electron chi connectivity index (χ3n) is 2.50. The summed E-state index contributed by atoms with van der Waals surface area (Å²) in [4.78, 5) is 0. The van der Waals surface area contributed by atoms with Crippen LogP contribution in [-0.4, -0.2) is 16.7 Å². The zero-order valence-electron chi connectivity index (χ0n) is 9.75. The lowest BCUT2D eigenvalue weighted by atomic mass is 10.1. The summed E-state index contributed by atoms with van der Waals surface area (Å²) in [6.07, 6.45) is 4.47. The Hall–Kier alpha value is -0.760. The van der Waals surface area contributed by atoms with Gasteiger partial charge in [-0.2, -0.15) is 0 Å². The summed E-state index contributed by atoms with van der Waals surface area (Å²) in [6, 6.07) is 5.49. The van der Waals surface area contributed by atoms with Crippen LogP contribution in [0, 0.1) is 0 Å². The van der Waals surface area contributed by atoms with Gasteiger partial charge in [0.05, 0.1) is 0 Å². The molecule has 0 radical (unpaired) electrons. The molecule has 0 saturated carbocycles. The number of nitrogens with one attached hydrogen (secondary N) is 1. The van der Waals surface area contributed by atoms with Gasteiger partial charge in [0, 0.05) is 31.0 Å². The van der Waals surface area contributed by atoms with E-state index in [2.05, 4.69) is 56.0 Å². The standard InChI is InChI=1S/C12H22N2/c1-10(2)13-11(3)7-8-12-6-5-9-14(12)4/h5-6,9-11,13H,7-8H2,1-4H3. The molecule has 1 aromatic heterocycles. The molecule has 0 bridgehead atoms. The minimum Gasteiger partial charge on any atom is -0.354 e. The van der Waals surface area contributed by atoms with Crippen molar-refractivity contribution in [2.24, 2.45) is 7.05 Å². The van der Waals surface area contributed by atoms with Gasteiger partial charge in [0.2, 0.25) is 0 Å². The third-order valence-corrected chi connectivity index (χ3v) is 2.50. The molecule has 2 heteroatoms. The number of nitrogens with zero attached hydrogens (tertiary/aromatic N) is 1. The van der Waals surface area contributed by atoms with E-state index in [1.54, 1.807) is 0 Å². The Morgan fingerprint density at radius 3 is 2.57 bits per heavy atom. The SMILES string of the molecule is CC(C)NC(C)CCc1cccn1C. The molecule has 1 atom stereocenters. The van der Waals surface area contributed by atoms with Gasteiger partial charge in [-0.05, 0) is 31.9 Å². The van der Waals surface area contributed by atoms with Gasteiger partial charge in [-0.1, -0.05) is 13.8 Å². The van der Waals surface area contributed by atoms with E-state index in [0.717, 1.165) is 6.42 Å². The van der Waals surface area contributed by atoms with Crippen molar-refractivity contribution in [1.29, 1.82) is 0 Å². The van der Waals surface area contributed by atoms with E-state index < -0.39 is 0 Å². The first kappa shape index (κ1) is 11.3. The molecule has 0 amide bonds. The van der Waals surface area contributed by atoms with Gasteiger partial charge < -0.3 is 9.88 Å². The van der Waals surface area contributed by atoms with Gasteiger partial charge in [0.25, 0.3) is 0 Å². The Morgan fingerprint density at radius 2 is 2.07 bits per heavy atom. The van der Waals surface area contributed by atoms with Gasteiger partial charge >= 0.3 is 0 Å². The van der Waals surface area contributed by atoms with Gasteiger partial charge in [0.1, 0.15) is 0 Å². The van der Waals surface area contributed by atoms with Crippen LogP contribution in [0.2, 0.25) is 0 Å². The van der Waals surface area contributed by atoms with Crippen LogP contribution in [0.4, 0.5) is 0 Å². The van der Waals surface area contributed by atoms with Crippen molar-refractivity contribution in [2.45, 2.75) is 45.7 Å². The van der Waals surface area contributed by atoms with E-state index in [0.29, 0.717) is 12.1 Å². The number of hydrogen-bond donors (Lipinski definition) is 1. The van der Waals surface area contributed by atoms with Crippen LogP contribution in [-0.2, 0) is 13.5 Å². The average molecular weight is 194 g/mol. The third kappa shape index (κ3) is 3.54. The average Bonchev–Trinajstić information content (AvgIpc) is 2.46. The zero-order valence-corrected chi connectivity index (χ0v) is 9.75. The van der Waals surface area contributed by atoms with Crippen molar-refractivity contribution < 1.29 is 0 Å². The maximum atomic E-state index is 3.52. The molecule has 0 aliphatic heterocycles. The predicted octanol–water partition coefficient (Wildman–Crippen LogP) is 2.34. The van der Waals surface area contributed by atoms with Crippen LogP contribution in [0.5, 0.6) is 0 Å². The normalized spacial score (nSPS) is 13.5. The monoisotopic (exact) mass is 194 g/mol. The maximum absolute atomic E-state index is 3.52. The summed E-state index contributed by atoms with van der Waals surface area (Å²) in [5, 5.41) is 3.52. The van der Waals surface area contributed by atoms with Crippen LogP contribution in [0.3, 0.4) is 0 Å². The first-order valence-corrected chi connectivity index (χ1v) is 5.46. The van der Waals surface area contributed by atoms with Crippen LogP contribution < -0.4 is 5.32 Å². The Labute approximate surface area is 87.3 Å². The lowest BCUT2D eigenvalue weighted by Crippen LogP contribution is -2.32. The van der Waals surface area contributed by atoms with Crippen LogP contribution in [0.25, 0.3) is 0 Å². The topological polar surface area (TPSA) is 17.0 Å². The molecule has 1 heterocycles. The Kier molecular flexibility index (Phi) is 4.21. The van der Waals surface area contributed by atoms with E-state index >= 15 is 0 Å². The molecule has 0 saturated heterocycles. The lowest BCUT2D eigenvalue weighted by Gasteiger charge is -2.16. The summed E-state index contributed by atoms with van der Waals surface area (Å²) in [5.74, 6) is 0. The summed E-state index contributed by atoms with van der Waals surface area (Å²) >= 11 is 0. The van der Waals surface area contributed by atoms with Crippen molar-refractivity contribution in [3.05, 3.63) is 24.0 Å². The minimum absolute atomic E-state index is 0.582. The highest BCUT2D eigenvalue weighted by molar-refractivity contribution is 5.06. The fourth-order valence-corrected chi connectivity index (χ4v) is 1.77. The number of aromatic nitrogens is 1. The molecule has 0 fully saturated rings. The Bertz CT molecular complexity index is 263. The first-order chi connectivity index (χ1) is 6.59. The highest BCUT2D eigenvalue weighted by atomic mass is 14.9. The number of aryl methyl sites for hydroxylation is 2. The van der Waals surface area contributed by atoms with Gasteiger partial charge in [-0.3, -0.25) is 0 Å². The fraction of sp³-hybridized carbons (Fsp3) is 0.667. The Morgan fingerprint density at radius 1 is 1.36 bits per heavy atom. The second-order valence-corrected chi connectivity index (χ2v) is 4.37. The molecule has 2 nitrogen and oxygen atoms in total. The molecule has 0 aromatic carbocycles. The van der Waals surface area contributed by atoms with E-state index in [9.17, 15) is 0 Å². The molecule has 1 rings (SSSR count). The van der Waals surface area contributed by atoms with Crippen LogP contribution in [0.15, 0.2) is 18.3 Å². The van der Waals surface area contributed by atoms with Crippen LogP contribution in [0.1, 0.15) is 32.9 Å². The molecule has 0 spiro atoms. The molecule has 1 N–H and O–H groups in total. The van der Waals surface area contributed by atoms with Gasteiger partial charge in [0.15, 0.2) is 0 Å². The summed E-state index contributed by atoms with van der Waals surface area (Å²) in [6.45, 7) is 6.64. The second kappa shape index (κ2) is 5.20. The maximum Gasteiger partial charge on any atom is 0.0172 e. The molecule has 0 aliphatic rings. The summed E-state index contributed by atoms with van der Waals surface area (Å²) in [7, 11) is 2.11. The number of rotatable bonds is 5. The van der Waals surface area contributed by atoms with Crippen molar-refractivity contribution in [1.82, 2.24) is 9.88 Å². The second-order valence-electron chi connectivity index (χ2n) is 4.37. The van der Waals surface area contributed by atoms with Crippen LogP contribution >= 0.6 is 0 Å². The van der Waals surface area contributed by atoms with Gasteiger partial charge in [-0.25, -0.2) is 0 Å². The van der Waals surface area contributed by atoms with E-state index in [-0.39, 0.29) is 0 Å². The summed E-state index contributed by atoms with van der Waals surface area (Å²) in [5.41, 5.74) is 1.42. The van der Waals surface area contributed by atoms with E-state index in [1.165, 1.54) is 12.1 Å². The predicted molar refractivity (Wildman–Crippen MR) is 61.5 cm³/mol. The molecule has 0 aliphatic carbocycles. The molecule has 1 aromatic rings. The largest absolute Gasteiger partial charge is 0.354 e. The molecular weight excluding hydrogens is 172 g/mol. The van der Waals surface area contributed by atoms with Crippen molar-refractivity contribution in [3.63, 3.8) is 0 Å². The Balaban J connectivity index is 2.30. The minimum atomic E-state index is 0.582. The smallest absolute Gasteiger partial charge is 0.0172 e. The fourth-order valence-electron chi connectivity index (χ4n) is 1.77. The van der Waals surface area contributed by atoms with E-state index in [4.69, 9.17) is 0 Å². The summed E-state index contributed by atoms with van der Waals surface area (Å²) < 4.78 is 2.20. The highest BCUT2D eigenvalue weighted by Crippen LogP contribution is 2.05. The highest BCUT2D eigenvalue weighted by Gasteiger charge is 2.04. The van der Waals surface area contributed by atoms with Crippen molar-refractivity contribution >= 4 is 0 Å².